The zero-order valence-corrected chi connectivity index (χ0v) is 15.2. The third-order valence-corrected chi connectivity index (χ3v) is 4.67. The number of piperidine rings is 1. The average Bonchev–Trinajstić information content (AvgIpc) is 2.61. The number of amides is 1. The second-order valence-corrected chi connectivity index (χ2v) is 6.81. The van der Waals surface area contributed by atoms with Crippen LogP contribution in [0.1, 0.15) is 34.3 Å². The van der Waals surface area contributed by atoms with E-state index in [1.54, 1.807) is 7.11 Å². The number of benzene rings is 2. The van der Waals surface area contributed by atoms with E-state index in [4.69, 9.17) is 4.74 Å². The molecule has 3 rings (SSSR count). The Labute approximate surface area is 149 Å². The molecule has 0 bridgehead atoms. The number of hydrogen-bond acceptors (Lipinski definition) is 3. The maximum atomic E-state index is 12.6. The van der Waals surface area contributed by atoms with E-state index in [1.807, 2.05) is 44.2 Å². The number of nitrogens with zero attached hydrogens (tertiary/aromatic N) is 1. The summed E-state index contributed by atoms with van der Waals surface area (Å²) in [6.45, 7) is 5.83. The topological polar surface area (TPSA) is 41.6 Å². The van der Waals surface area contributed by atoms with Crippen LogP contribution >= 0.6 is 0 Å². The summed E-state index contributed by atoms with van der Waals surface area (Å²) in [5.41, 5.74) is 4.07. The summed E-state index contributed by atoms with van der Waals surface area (Å²) in [7, 11) is 1.70. The van der Waals surface area contributed by atoms with Crippen molar-refractivity contribution >= 4 is 11.6 Å². The molecule has 25 heavy (non-hydrogen) atoms. The van der Waals surface area contributed by atoms with E-state index in [-0.39, 0.29) is 11.9 Å². The van der Waals surface area contributed by atoms with Gasteiger partial charge in [-0.05, 0) is 51.0 Å². The molecule has 1 unspecified atom stereocenters. The lowest BCUT2D eigenvalue weighted by atomic mass is 10.0. The lowest BCUT2D eigenvalue weighted by molar-refractivity contribution is 0.0933. The van der Waals surface area contributed by atoms with Gasteiger partial charge in [-0.1, -0.05) is 29.3 Å². The van der Waals surface area contributed by atoms with Gasteiger partial charge < -0.3 is 15.0 Å². The van der Waals surface area contributed by atoms with Crippen molar-refractivity contribution in [2.24, 2.45) is 0 Å². The van der Waals surface area contributed by atoms with Crippen molar-refractivity contribution < 1.29 is 9.53 Å². The van der Waals surface area contributed by atoms with Crippen LogP contribution < -0.4 is 15.0 Å². The zero-order valence-electron chi connectivity index (χ0n) is 15.2. The Morgan fingerprint density at radius 3 is 2.60 bits per heavy atom. The summed E-state index contributed by atoms with van der Waals surface area (Å²) < 4.78 is 5.48. The number of rotatable bonds is 4. The first-order valence-corrected chi connectivity index (χ1v) is 8.84. The molecule has 0 aliphatic carbocycles. The van der Waals surface area contributed by atoms with Crippen LogP contribution in [-0.2, 0) is 0 Å². The van der Waals surface area contributed by atoms with E-state index in [2.05, 4.69) is 22.3 Å². The summed E-state index contributed by atoms with van der Waals surface area (Å²) in [5, 5.41) is 3.21. The molecule has 1 saturated heterocycles. The Morgan fingerprint density at radius 1 is 1.16 bits per heavy atom. The van der Waals surface area contributed by atoms with Gasteiger partial charge in [0.2, 0.25) is 0 Å². The molecule has 4 nitrogen and oxygen atoms in total. The molecule has 1 amide bonds. The molecule has 1 fully saturated rings. The minimum atomic E-state index is 0.0127. The number of ether oxygens (including phenoxy) is 1. The Hall–Kier alpha value is -2.49. The number of anilines is 1. The summed E-state index contributed by atoms with van der Waals surface area (Å²) in [6, 6.07) is 14.2. The monoisotopic (exact) mass is 338 g/mol. The number of para-hydroxylation sites is 2. The van der Waals surface area contributed by atoms with Gasteiger partial charge in [0, 0.05) is 24.7 Å². The molecule has 2 aromatic carbocycles. The van der Waals surface area contributed by atoms with Gasteiger partial charge in [0.1, 0.15) is 5.75 Å². The van der Waals surface area contributed by atoms with Crippen molar-refractivity contribution in [2.75, 3.05) is 25.1 Å². The van der Waals surface area contributed by atoms with Gasteiger partial charge in [0.25, 0.3) is 5.91 Å². The van der Waals surface area contributed by atoms with E-state index in [0.29, 0.717) is 0 Å². The Balaban J connectivity index is 1.70. The highest BCUT2D eigenvalue weighted by molar-refractivity contribution is 5.94. The van der Waals surface area contributed by atoms with E-state index in [1.165, 1.54) is 0 Å². The molecule has 1 N–H and O–H groups in total. The molecule has 1 aliphatic rings. The standard InChI is InChI=1S/C21H26N2O2/c1-15-11-16(2)13-17(12-15)21(24)22-18-7-6-10-23(14-18)19-8-4-5-9-20(19)25-3/h4-5,8-9,11-13,18H,6-7,10,14H2,1-3H3,(H,22,24). The van der Waals surface area contributed by atoms with Crippen molar-refractivity contribution in [3.8, 4) is 5.75 Å². The third kappa shape index (κ3) is 4.13. The van der Waals surface area contributed by atoms with Crippen LogP contribution in [-0.4, -0.2) is 32.1 Å². The highest BCUT2D eigenvalue weighted by Crippen LogP contribution is 2.29. The SMILES string of the molecule is COc1ccccc1N1CCCC(NC(=O)c2cc(C)cc(C)c2)C1. The summed E-state index contributed by atoms with van der Waals surface area (Å²) in [4.78, 5) is 14.9. The van der Waals surface area contributed by atoms with E-state index >= 15 is 0 Å². The van der Waals surface area contributed by atoms with E-state index in [0.717, 1.165) is 54.1 Å². The number of carbonyl (C=O) groups excluding carboxylic acids is 1. The van der Waals surface area contributed by atoms with Gasteiger partial charge >= 0.3 is 0 Å². The van der Waals surface area contributed by atoms with Crippen molar-refractivity contribution in [3.63, 3.8) is 0 Å². The molecular weight excluding hydrogens is 312 g/mol. The molecule has 1 aliphatic heterocycles. The van der Waals surface area contributed by atoms with Crippen LogP contribution in [0.5, 0.6) is 5.75 Å². The number of methoxy groups -OCH3 is 1. The summed E-state index contributed by atoms with van der Waals surface area (Å²) in [6.07, 6.45) is 2.05. The van der Waals surface area contributed by atoms with Crippen molar-refractivity contribution in [1.29, 1.82) is 0 Å². The lowest BCUT2D eigenvalue weighted by Gasteiger charge is -2.35. The fourth-order valence-corrected chi connectivity index (χ4v) is 3.58. The van der Waals surface area contributed by atoms with Crippen LogP contribution in [0, 0.1) is 13.8 Å². The first-order valence-electron chi connectivity index (χ1n) is 8.84. The van der Waals surface area contributed by atoms with Crippen molar-refractivity contribution in [2.45, 2.75) is 32.7 Å². The average molecular weight is 338 g/mol. The fourth-order valence-electron chi connectivity index (χ4n) is 3.58. The quantitative estimate of drug-likeness (QED) is 0.924. The minimum absolute atomic E-state index is 0.0127. The maximum Gasteiger partial charge on any atom is 0.251 e. The predicted molar refractivity (Wildman–Crippen MR) is 102 cm³/mol. The molecule has 132 valence electrons. The fraction of sp³-hybridized carbons (Fsp3) is 0.381. The van der Waals surface area contributed by atoms with Crippen molar-refractivity contribution in [1.82, 2.24) is 5.32 Å². The molecular formula is C21H26N2O2. The highest BCUT2D eigenvalue weighted by atomic mass is 16.5. The van der Waals surface area contributed by atoms with Crippen LogP contribution in [0.3, 0.4) is 0 Å². The van der Waals surface area contributed by atoms with Crippen LogP contribution in [0.4, 0.5) is 5.69 Å². The normalized spacial score (nSPS) is 17.2. The molecule has 0 spiro atoms. The lowest BCUT2D eigenvalue weighted by Crippen LogP contribution is -2.48. The van der Waals surface area contributed by atoms with Gasteiger partial charge in [-0.2, -0.15) is 0 Å². The largest absolute Gasteiger partial charge is 0.495 e. The van der Waals surface area contributed by atoms with Crippen LogP contribution in [0.25, 0.3) is 0 Å². The molecule has 0 radical (unpaired) electrons. The maximum absolute atomic E-state index is 12.6. The molecule has 1 atom stereocenters. The summed E-state index contributed by atoms with van der Waals surface area (Å²) >= 11 is 0. The molecule has 2 aromatic rings. The molecule has 0 aromatic heterocycles. The first-order chi connectivity index (χ1) is 12.1. The molecule has 4 heteroatoms. The molecule has 1 heterocycles. The van der Waals surface area contributed by atoms with Crippen molar-refractivity contribution in [3.05, 3.63) is 59.2 Å². The number of hydrogen-bond donors (Lipinski definition) is 1. The minimum Gasteiger partial charge on any atom is -0.495 e. The van der Waals surface area contributed by atoms with E-state index < -0.39 is 0 Å². The number of carbonyl (C=O) groups is 1. The third-order valence-electron chi connectivity index (χ3n) is 4.67. The van der Waals surface area contributed by atoms with Gasteiger partial charge in [-0.25, -0.2) is 0 Å². The van der Waals surface area contributed by atoms with Gasteiger partial charge in [0.05, 0.1) is 12.8 Å². The van der Waals surface area contributed by atoms with Crippen LogP contribution in [0.2, 0.25) is 0 Å². The second-order valence-electron chi connectivity index (χ2n) is 6.81. The highest BCUT2D eigenvalue weighted by Gasteiger charge is 2.23. The van der Waals surface area contributed by atoms with E-state index in [9.17, 15) is 4.79 Å². The van der Waals surface area contributed by atoms with Gasteiger partial charge in [-0.3, -0.25) is 4.79 Å². The van der Waals surface area contributed by atoms with Crippen LogP contribution in [0.15, 0.2) is 42.5 Å². The van der Waals surface area contributed by atoms with Gasteiger partial charge in [0.15, 0.2) is 0 Å². The Bertz CT molecular complexity index is 737. The second kappa shape index (κ2) is 7.60. The molecule has 0 saturated carbocycles. The Morgan fingerprint density at radius 2 is 1.88 bits per heavy atom. The Kier molecular flexibility index (Phi) is 5.27. The smallest absolute Gasteiger partial charge is 0.251 e. The first kappa shape index (κ1) is 17.3. The zero-order chi connectivity index (χ0) is 17.8. The predicted octanol–water partition coefficient (Wildman–Crippen LogP) is 3.71. The number of aryl methyl sites for hydroxylation is 2. The number of nitrogens with one attached hydrogen (secondary N) is 1. The summed E-state index contributed by atoms with van der Waals surface area (Å²) in [5.74, 6) is 0.891. The van der Waals surface area contributed by atoms with Gasteiger partial charge in [-0.15, -0.1) is 0 Å².